The number of hydrogen-bond acceptors (Lipinski definition) is 1. The summed E-state index contributed by atoms with van der Waals surface area (Å²) in [6, 6.07) is 0. The van der Waals surface area contributed by atoms with Gasteiger partial charge in [0.25, 0.3) is 0 Å². The van der Waals surface area contributed by atoms with E-state index < -0.39 is 0 Å². The molecule has 4 radical (unpaired) electrons. The van der Waals surface area contributed by atoms with E-state index in [4.69, 9.17) is 7.74 Å². The van der Waals surface area contributed by atoms with Crippen LogP contribution in [0.2, 0.25) is 6.32 Å². The van der Waals surface area contributed by atoms with Gasteiger partial charge in [-0.05, 0) is 25.9 Å². The fourth-order valence-electron chi connectivity index (χ4n) is 0.938. The van der Waals surface area contributed by atoms with Crippen LogP contribution >= 0.6 is 0 Å². The zero-order chi connectivity index (χ0) is 8.36. The molecule has 1 fully saturated rings. The first kappa shape index (κ1) is 11.2. The molecule has 1 heterocycles. The Bertz CT molecular complexity index is 53.2. The SMILES string of the molecule is C1CCNCC1.[B][B][B]CC. The van der Waals surface area contributed by atoms with Crippen LogP contribution in [-0.2, 0) is 0 Å². The Morgan fingerprint density at radius 1 is 1.27 bits per heavy atom. The third-order valence-electron chi connectivity index (χ3n) is 1.58. The van der Waals surface area contributed by atoms with E-state index in [1.807, 2.05) is 14.1 Å². The van der Waals surface area contributed by atoms with Crippen LogP contribution in [0, 0.1) is 0 Å². The summed E-state index contributed by atoms with van der Waals surface area (Å²) in [5, 5.41) is 3.28. The smallest absolute Gasteiger partial charge is 0.0541 e. The van der Waals surface area contributed by atoms with Gasteiger partial charge in [0.05, 0.1) is 7.17 Å². The molecule has 1 saturated heterocycles. The first-order valence-corrected chi connectivity index (χ1v) is 4.49. The average Bonchev–Trinajstić information content (AvgIpc) is 2.10. The fourth-order valence-corrected chi connectivity index (χ4v) is 0.938. The van der Waals surface area contributed by atoms with Crippen molar-refractivity contribution < 1.29 is 0 Å². The lowest BCUT2D eigenvalue weighted by Crippen LogP contribution is -2.21. The zero-order valence-electron chi connectivity index (χ0n) is 7.47. The summed E-state index contributed by atoms with van der Waals surface area (Å²) >= 11 is 0. The van der Waals surface area contributed by atoms with Gasteiger partial charge in [0.2, 0.25) is 0 Å². The minimum Gasteiger partial charge on any atom is -0.317 e. The Labute approximate surface area is 73.6 Å². The predicted molar refractivity (Wildman–Crippen MR) is 54.5 cm³/mol. The quantitative estimate of drug-likeness (QED) is 0.563. The highest BCUT2D eigenvalue weighted by Gasteiger charge is 1.93. The largest absolute Gasteiger partial charge is 0.317 e. The lowest BCUT2D eigenvalue weighted by molar-refractivity contribution is 0.520. The summed E-state index contributed by atoms with van der Waals surface area (Å²) in [5.41, 5.74) is 0. The normalized spacial score (nSPS) is 16.1. The number of rotatable bonds is 2. The Balaban J connectivity index is 0.000000187. The third kappa shape index (κ3) is 10.2. The highest BCUT2D eigenvalue weighted by Crippen LogP contribution is 1.96. The molecule has 0 saturated carbocycles. The second-order valence-corrected chi connectivity index (χ2v) is 2.65. The van der Waals surface area contributed by atoms with E-state index >= 15 is 0 Å². The molecule has 0 unspecified atom stereocenters. The van der Waals surface area contributed by atoms with Crippen LogP contribution in [-0.4, -0.2) is 35.1 Å². The van der Waals surface area contributed by atoms with Crippen molar-refractivity contribution >= 4 is 22.0 Å². The third-order valence-corrected chi connectivity index (χ3v) is 1.58. The highest BCUT2D eigenvalue weighted by molar-refractivity contribution is 7.23. The average molecular weight is 147 g/mol. The van der Waals surface area contributed by atoms with Gasteiger partial charge in [-0.15, -0.1) is 0 Å². The standard InChI is InChI=1S/C5H11N.C2H5B3/c1-2-4-6-5-3-1;1-2-4-5-3/h6H,1-5H2;2H2,1H3. The van der Waals surface area contributed by atoms with Gasteiger partial charge < -0.3 is 5.32 Å². The van der Waals surface area contributed by atoms with E-state index in [1.165, 1.54) is 32.4 Å². The molecule has 1 N–H and O–H groups in total. The zero-order valence-corrected chi connectivity index (χ0v) is 7.47. The van der Waals surface area contributed by atoms with E-state index in [1.54, 1.807) is 7.06 Å². The predicted octanol–water partition coefficient (Wildman–Crippen LogP) is 0.591. The molecule has 58 valence electrons. The molecule has 0 amide bonds. The minimum atomic E-state index is 1.04. The van der Waals surface area contributed by atoms with Crippen LogP contribution in [0.1, 0.15) is 26.2 Å². The van der Waals surface area contributed by atoms with E-state index in [0.717, 1.165) is 6.32 Å². The molecule has 1 aliphatic heterocycles. The first-order valence-electron chi connectivity index (χ1n) is 4.49. The van der Waals surface area contributed by atoms with E-state index in [-0.39, 0.29) is 0 Å². The Morgan fingerprint density at radius 2 is 1.91 bits per heavy atom. The Hall–Kier alpha value is 0.155. The molecule has 0 bridgehead atoms. The van der Waals surface area contributed by atoms with E-state index in [0.29, 0.717) is 0 Å². The molecule has 0 atom stereocenters. The van der Waals surface area contributed by atoms with Crippen molar-refractivity contribution in [1.29, 1.82) is 0 Å². The Morgan fingerprint density at radius 3 is 2.00 bits per heavy atom. The summed E-state index contributed by atoms with van der Waals surface area (Å²) < 4.78 is 0. The second kappa shape index (κ2) is 10.2. The van der Waals surface area contributed by atoms with Gasteiger partial charge in [0.15, 0.2) is 0 Å². The minimum absolute atomic E-state index is 1.04. The maximum Gasteiger partial charge on any atom is 0.0541 e. The molecule has 1 rings (SSSR count). The van der Waals surface area contributed by atoms with Crippen molar-refractivity contribution in [2.24, 2.45) is 0 Å². The number of hydrogen-bond donors (Lipinski definition) is 1. The van der Waals surface area contributed by atoms with Gasteiger partial charge in [-0.25, -0.2) is 0 Å². The first-order chi connectivity index (χ1) is 5.41. The van der Waals surface area contributed by atoms with Crippen molar-refractivity contribution in [3.63, 3.8) is 0 Å². The van der Waals surface area contributed by atoms with Gasteiger partial charge >= 0.3 is 0 Å². The topological polar surface area (TPSA) is 12.0 Å². The molecule has 0 aromatic rings. The summed E-state index contributed by atoms with van der Waals surface area (Å²) in [7, 11) is 8.42. The molecule has 11 heavy (non-hydrogen) atoms. The molecule has 0 spiro atoms. The van der Waals surface area contributed by atoms with E-state index in [9.17, 15) is 0 Å². The van der Waals surface area contributed by atoms with Crippen molar-refractivity contribution in [1.82, 2.24) is 5.32 Å². The molecule has 0 aromatic heterocycles. The monoisotopic (exact) mass is 147 g/mol. The molecule has 4 heteroatoms. The molecule has 0 aliphatic carbocycles. The molecular formula is C7H16B3N. The molecular weight excluding hydrogens is 131 g/mol. The van der Waals surface area contributed by atoms with Crippen molar-refractivity contribution in [2.75, 3.05) is 13.1 Å². The fraction of sp³-hybridized carbons (Fsp3) is 1.00. The van der Waals surface area contributed by atoms with E-state index in [2.05, 4.69) is 5.32 Å². The van der Waals surface area contributed by atoms with Crippen molar-refractivity contribution in [2.45, 2.75) is 32.5 Å². The van der Waals surface area contributed by atoms with Crippen molar-refractivity contribution in [3.05, 3.63) is 0 Å². The lowest BCUT2D eigenvalue weighted by atomic mass is 9.27. The molecule has 0 aromatic carbocycles. The second-order valence-electron chi connectivity index (χ2n) is 2.65. The molecule has 1 aliphatic rings. The maximum atomic E-state index is 4.96. The lowest BCUT2D eigenvalue weighted by Gasteiger charge is -2.08. The van der Waals surface area contributed by atoms with Crippen molar-refractivity contribution in [3.8, 4) is 0 Å². The number of nitrogens with one attached hydrogen (secondary N) is 1. The molecule has 1 nitrogen and oxygen atoms in total. The van der Waals surface area contributed by atoms with Gasteiger partial charge in [-0.2, -0.15) is 0 Å². The van der Waals surface area contributed by atoms with Crippen LogP contribution in [0.25, 0.3) is 0 Å². The summed E-state index contributed by atoms with van der Waals surface area (Å²) in [4.78, 5) is 0. The van der Waals surface area contributed by atoms with Crippen LogP contribution in [0.15, 0.2) is 0 Å². The summed E-state index contributed by atoms with van der Waals surface area (Å²) in [6.07, 6.45) is 5.25. The van der Waals surface area contributed by atoms with Gasteiger partial charge in [0, 0.05) is 14.8 Å². The van der Waals surface area contributed by atoms with Crippen LogP contribution in [0.4, 0.5) is 0 Å². The van der Waals surface area contributed by atoms with Crippen LogP contribution in [0.3, 0.4) is 0 Å². The maximum absolute atomic E-state index is 4.96. The Kier molecular flexibility index (Phi) is 10.3. The highest BCUT2D eigenvalue weighted by atomic mass is 14.9. The summed E-state index contributed by atoms with van der Waals surface area (Å²) in [5.74, 6) is 0. The summed E-state index contributed by atoms with van der Waals surface area (Å²) in [6.45, 7) is 4.54. The van der Waals surface area contributed by atoms with Gasteiger partial charge in [-0.1, -0.05) is 19.7 Å². The van der Waals surface area contributed by atoms with Crippen LogP contribution in [0.5, 0.6) is 0 Å². The van der Waals surface area contributed by atoms with Crippen LogP contribution < -0.4 is 5.32 Å². The number of piperidine rings is 1. The van der Waals surface area contributed by atoms with Gasteiger partial charge in [-0.3, -0.25) is 0 Å². The van der Waals surface area contributed by atoms with Gasteiger partial charge in [0.1, 0.15) is 0 Å².